The number of hydrogen-bond donors (Lipinski definition) is 1. The smallest absolute Gasteiger partial charge is 0.308 e. The number of hydrogen-bond acceptors (Lipinski definition) is 12. The van der Waals surface area contributed by atoms with Crippen molar-refractivity contribution >= 4 is 5.97 Å². The van der Waals surface area contributed by atoms with Gasteiger partial charge in [0.05, 0.1) is 32.8 Å². The molecular formula is C12H18N2O12. The van der Waals surface area contributed by atoms with Crippen molar-refractivity contribution < 1.29 is 48.7 Å². The zero-order chi connectivity index (χ0) is 19.1. The first-order valence-electron chi connectivity index (χ1n) is 7.63. The second-order valence-electron chi connectivity index (χ2n) is 5.49. The zero-order valence-electron chi connectivity index (χ0n) is 13.5. The lowest BCUT2D eigenvalue weighted by atomic mass is 10.1. The number of ether oxygens (including phenoxy) is 4. The number of esters is 1. The summed E-state index contributed by atoms with van der Waals surface area (Å²) in [6.07, 6.45) is -3.92. The zero-order valence-corrected chi connectivity index (χ0v) is 13.5. The van der Waals surface area contributed by atoms with Crippen molar-refractivity contribution in [3.05, 3.63) is 20.2 Å². The Kier molecular flexibility index (Phi) is 7.26. The summed E-state index contributed by atoms with van der Waals surface area (Å²) in [7, 11) is 0. The van der Waals surface area contributed by atoms with Gasteiger partial charge in [-0.3, -0.25) is 4.79 Å². The number of carbonyl (C=O) groups is 1. The number of fused-ring (bicyclic) bond motifs is 1. The summed E-state index contributed by atoms with van der Waals surface area (Å²) < 4.78 is 20.8. The van der Waals surface area contributed by atoms with Crippen LogP contribution in [0.25, 0.3) is 0 Å². The molecule has 2 aliphatic heterocycles. The van der Waals surface area contributed by atoms with E-state index in [2.05, 4.69) is 9.68 Å². The number of aliphatic hydroxyl groups excluding tert-OH is 1. The van der Waals surface area contributed by atoms with Crippen molar-refractivity contribution in [3.8, 4) is 0 Å². The molecule has 148 valence electrons. The summed E-state index contributed by atoms with van der Waals surface area (Å²) in [5.41, 5.74) is 0. The molecule has 1 N–H and O–H groups in total. The van der Waals surface area contributed by atoms with Gasteiger partial charge in [0.15, 0.2) is 12.2 Å². The first-order valence-corrected chi connectivity index (χ1v) is 7.63. The van der Waals surface area contributed by atoms with Crippen LogP contribution in [-0.4, -0.2) is 84.8 Å². The third-order valence-corrected chi connectivity index (χ3v) is 3.62. The van der Waals surface area contributed by atoms with E-state index in [0.29, 0.717) is 0 Å². The van der Waals surface area contributed by atoms with Gasteiger partial charge >= 0.3 is 5.97 Å². The summed E-state index contributed by atoms with van der Waals surface area (Å²) in [6, 6.07) is 0. The van der Waals surface area contributed by atoms with Crippen molar-refractivity contribution in [1.29, 1.82) is 0 Å². The fraction of sp³-hybridized carbons (Fsp3) is 0.917. The van der Waals surface area contributed by atoms with Gasteiger partial charge in [-0.15, -0.1) is 20.2 Å². The van der Waals surface area contributed by atoms with E-state index in [1.807, 2.05) is 0 Å². The summed E-state index contributed by atoms with van der Waals surface area (Å²) in [5.74, 6) is -0.613. The molecule has 0 aromatic heterocycles. The third-order valence-electron chi connectivity index (χ3n) is 3.62. The standard InChI is InChI=1S/C12H18N2O12/c15-8-5-22-12-9(6-23-11(8)12)25-10(16)1-2-21-3-7(26-14(19)20)4-24-13(17)18/h7-9,11-12,15H,1-6H2/t7?,8?,9?,11-,12-/m1/s1. The van der Waals surface area contributed by atoms with Crippen LogP contribution in [0.5, 0.6) is 0 Å². The topological polar surface area (TPSA) is 179 Å². The molecule has 2 fully saturated rings. The highest BCUT2D eigenvalue weighted by molar-refractivity contribution is 5.69. The summed E-state index contributed by atoms with van der Waals surface area (Å²) in [4.78, 5) is 40.3. The fourth-order valence-electron chi connectivity index (χ4n) is 2.52. The van der Waals surface area contributed by atoms with Gasteiger partial charge in [-0.05, 0) is 0 Å². The molecule has 0 radical (unpaired) electrons. The first kappa shape index (κ1) is 20.0. The lowest BCUT2D eigenvalue weighted by Crippen LogP contribution is -2.34. The van der Waals surface area contributed by atoms with E-state index in [4.69, 9.17) is 18.9 Å². The molecule has 2 heterocycles. The van der Waals surface area contributed by atoms with Gasteiger partial charge in [0.1, 0.15) is 24.9 Å². The second kappa shape index (κ2) is 9.42. The number of aliphatic hydroxyl groups is 1. The molecular weight excluding hydrogens is 364 g/mol. The van der Waals surface area contributed by atoms with Gasteiger partial charge in [0, 0.05) is 0 Å². The Hall–Kier alpha value is -2.29. The van der Waals surface area contributed by atoms with Crippen molar-refractivity contribution in [1.82, 2.24) is 0 Å². The Morgan fingerprint density at radius 2 is 1.88 bits per heavy atom. The minimum Gasteiger partial charge on any atom is -0.457 e. The second-order valence-corrected chi connectivity index (χ2v) is 5.49. The molecule has 0 aromatic rings. The molecule has 14 heteroatoms. The molecule has 26 heavy (non-hydrogen) atoms. The molecule has 5 atom stereocenters. The molecule has 0 aromatic carbocycles. The van der Waals surface area contributed by atoms with E-state index in [1.54, 1.807) is 0 Å². The molecule has 2 rings (SSSR count). The van der Waals surface area contributed by atoms with Crippen molar-refractivity contribution in [2.75, 3.05) is 33.0 Å². The van der Waals surface area contributed by atoms with Crippen LogP contribution in [0.1, 0.15) is 6.42 Å². The monoisotopic (exact) mass is 382 g/mol. The van der Waals surface area contributed by atoms with Gasteiger partial charge in [-0.25, -0.2) is 0 Å². The number of nitrogens with zero attached hydrogens (tertiary/aromatic N) is 2. The molecule has 2 saturated heterocycles. The van der Waals surface area contributed by atoms with Crippen LogP contribution < -0.4 is 0 Å². The average Bonchev–Trinajstić information content (AvgIpc) is 3.12. The highest BCUT2D eigenvalue weighted by Gasteiger charge is 2.48. The maximum absolute atomic E-state index is 11.8. The van der Waals surface area contributed by atoms with E-state index in [0.717, 1.165) is 0 Å². The highest BCUT2D eigenvalue weighted by atomic mass is 17.0. The van der Waals surface area contributed by atoms with Crippen LogP contribution >= 0.6 is 0 Å². The van der Waals surface area contributed by atoms with Crippen molar-refractivity contribution in [3.63, 3.8) is 0 Å². The van der Waals surface area contributed by atoms with E-state index in [9.17, 15) is 30.1 Å². The Morgan fingerprint density at radius 1 is 1.15 bits per heavy atom. The first-order chi connectivity index (χ1) is 12.4. The Labute approximate surface area is 146 Å². The van der Waals surface area contributed by atoms with Crippen molar-refractivity contribution in [2.45, 2.75) is 36.9 Å². The minimum absolute atomic E-state index is 0.107. The molecule has 0 spiro atoms. The van der Waals surface area contributed by atoms with Crippen LogP contribution in [0.3, 0.4) is 0 Å². The average molecular weight is 382 g/mol. The van der Waals surface area contributed by atoms with Crippen LogP contribution in [0, 0.1) is 20.2 Å². The summed E-state index contributed by atoms with van der Waals surface area (Å²) in [5, 5.41) is 27.7. The molecule has 0 amide bonds. The predicted molar refractivity (Wildman–Crippen MR) is 75.6 cm³/mol. The molecule has 0 bridgehead atoms. The van der Waals surface area contributed by atoms with E-state index < -0.39 is 59.9 Å². The normalized spacial score (nSPS) is 28.2. The van der Waals surface area contributed by atoms with Gasteiger partial charge in [-0.2, -0.15) is 0 Å². The van der Waals surface area contributed by atoms with Gasteiger partial charge < -0.3 is 33.7 Å². The maximum Gasteiger partial charge on any atom is 0.308 e. The number of rotatable bonds is 11. The SMILES string of the molecule is O=C(CCOCC(CO[N+](=O)[O-])O[N+](=O)[O-])OC1CO[C@@H]2C(O)CO[C@H]12. The maximum atomic E-state index is 11.8. The summed E-state index contributed by atoms with van der Waals surface area (Å²) in [6.45, 7) is -1.03. The number of carbonyl (C=O) groups excluding carboxylic acids is 1. The van der Waals surface area contributed by atoms with Crippen LogP contribution in [-0.2, 0) is 33.4 Å². The van der Waals surface area contributed by atoms with Crippen LogP contribution in [0.2, 0.25) is 0 Å². The van der Waals surface area contributed by atoms with Crippen LogP contribution in [0.15, 0.2) is 0 Å². The van der Waals surface area contributed by atoms with Crippen LogP contribution in [0.4, 0.5) is 0 Å². The Balaban J connectivity index is 1.64. The summed E-state index contributed by atoms with van der Waals surface area (Å²) >= 11 is 0. The van der Waals surface area contributed by atoms with E-state index >= 15 is 0 Å². The molecule has 14 nitrogen and oxygen atoms in total. The highest BCUT2D eigenvalue weighted by Crippen LogP contribution is 2.28. The molecule has 2 aliphatic rings. The van der Waals surface area contributed by atoms with E-state index in [-0.39, 0.29) is 26.2 Å². The predicted octanol–water partition coefficient (Wildman–Crippen LogP) is -1.75. The van der Waals surface area contributed by atoms with Gasteiger partial charge in [-0.1, -0.05) is 0 Å². The molecule has 0 aliphatic carbocycles. The van der Waals surface area contributed by atoms with E-state index in [1.165, 1.54) is 0 Å². The molecule has 3 unspecified atom stereocenters. The lowest BCUT2D eigenvalue weighted by Gasteiger charge is -2.17. The Bertz CT molecular complexity index is 516. The fourth-order valence-corrected chi connectivity index (χ4v) is 2.52. The lowest BCUT2D eigenvalue weighted by molar-refractivity contribution is -0.790. The Morgan fingerprint density at radius 3 is 2.58 bits per heavy atom. The quantitative estimate of drug-likeness (QED) is 0.184. The molecule has 0 saturated carbocycles. The van der Waals surface area contributed by atoms with Gasteiger partial charge in [0.2, 0.25) is 0 Å². The van der Waals surface area contributed by atoms with Gasteiger partial charge in [0.25, 0.3) is 10.2 Å². The minimum atomic E-state index is -1.32. The third kappa shape index (κ3) is 5.91. The van der Waals surface area contributed by atoms with Crippen molar-refractivity contribution in [2.24, 2.45) is 0 Å². The largest absolute Gasteiger partial charge is 0.457 e.